The molecule has 0 fully saturated rings. The highest BCUT2D eigenvalue weighted by atomic mass is 14.4. The summed E-state index contributed by atoms with van der Waals surface area (Å²) in [5, 5.41) is 5.50. The molecule has 0 aliphatic heterocycles. The van der Waals surface area contributed by atoms with Gasteiger partial charge in [-0.15, -0.1) is 0 Å². The van der Waals surface area contributed by atoms with Crippen LogP contribution in [-0.4, -0.2) is 0 Å². The van der Waals surface area contributed by atoms with Gasteiger partial charge in [0.2, 0.25) is 0 Å². The number of hydrogen-bond donors (Lipinski definition) is 0. The Morgan fingerprint density at radius 2 is 0.656 bits per heavy atom. The van der Waals surface area contributed by atoms with Gasteiger partial charge in [-0.25, -0.2) is 0 Å². The molecule has 0 heteroatoms. The third-order valence-electron chi connectivity index (χ3n) is 21.6. The van der Waals surface area contributed by atoms with Gasteiger partial charge in [-0.3, -0.25) is 0 Å². The lowest BCUT2D eigenvalue weighted by Gasteiger charge is -2.32. The first kappa shape index (κ1) is 52.9. The minimum Gasteiger partial charge on any atom is -0.0759 e. The van der Waals surface area contributed by atoms with Crippen molar-refractivity contribution in [3.63, 3.8) is 0 Å². The molecular formula is C90H68. The van der Waals surface area contributed by atoms with Crippen LogP contribution >= 0.6 is 0 Å². The van der Waals surface area contributed by atoms with Crippen molar-refractivity contribution in [2.75, 3.05) is 0 Å². The third-order valence-corrected chi connectivity index (χ3v) is 21.6. The lowest BCUT2D eigenvalue weighted by molar-refractivity contribution is 0.498. The second-order valence-corrected chi connectivity index (χ2v) is 28.3. The first-order valence-electron chi connectivity index (χ1n) is 32.4. The van der Waals surface area contributed by atoms with E-state index in [4.69, 9.17) is 0 Å². The van der Waals surface area contributed by atoms with Crippen LogP contribution in [0.2, 0.25) is 0 Å². The smallest absolute Gasteiger partial charge is 0.0159 e. The van der Waals surface area contributed by atoms with Crippen molar-refractivity contribution in [1.82, 2.24) is 0 Å². The summed E-state index contributed by atoms with van der Waals surface area (Å²) in [6.07, 6.45) is 7.00. The lowest BCUT2D eigenvalue weighted by atomic mass is 9.72. The van der Waals surface area contributed by atoms with Gasteiger partial charge in [-0.05, 0) is 231 Å². The number of fused-ring (bicyclic) bond motifs is 9. The van der Waals surface area contributed by atoms with E-state index in [1.165, 1.54) is 194 Å². The zero-order valence-electron chi connectivity index (χ0n) is 52.2. The van der Waals surface area contributed by atoms with E-state index in [-0.39, 0.29) is 16.2 Å². The summed E-state index contributed by atoms with van der Waals surface area (Å²) < 4.78 is 0. The number of allylic oxidation sites excluding steroid dienone is 3. The van der Waals surface area contributed by atoms with Crippen molar-refractivity contribution in [3.05, 3.63) is 299 Å². The Morgan fingerprint density at radius 3 is 1.11 bits per heavy atom. The highest BCUT2D eigenvalue weighted by Crippen LogP contribution is 2.55. The van der Waals surface area contributed by atoms with E-state index in [1.807, 2.05) is 0 Å². The van der Waals surface area contributed by atoms with Crippen molar-refractivity contribution in [2.45, 2.75) is 72.1 Å². The van der Waals surface area contributed by atoms with Gasteiger partial charge in [0.1, 0.15) is 0 Å². The monoisotopic (exact) mass is 1150 g/mol. The SMILES string of the molecule is CC(C)(C)C1=Cc2ccc3c(-c4ccc(-c5ccc6c(c5)C(C)(C)c5cc(-c7ccc8c(c7)C(C)(C)c7cc(-c9ccc(-c%10ccc(-c%11ccc(-c%12ccc%13c%14c(cccc%12%14)-c%12ccccc%12-%13)cc%11)cc%10)cc9)ccc7-8)ccc5-6)cc4)ccc4c3c2C(=CC4)C1. The molecule has 0 nitrogen and oxygen atoms in total. The minimum atomic E-state index is -0.162. The van der Waals surface area contributed by atoms with Crippen LogP contribution in [0.1, 0.15) is 93.8 Å². The molecule has 18 rings (SSSR count). The average Bonchev–Trinajstić information content (AvgIpc) is 1.29. The van der Waals surface area contributed by atoms with Crippen molar-refractivity contribution < 1.29 is 0 Å². The molecule has 5 aliphatic carbocycles. The topological polar surface area (TPSA) is 0 Å². The van der Waals surface area contributed by atoms with Crippen LogP contribution < -0.4 is 0 Å². The van der Waals surface area contributed by atoms with E-state index in [1.54, 1.807) is 0 Å². The van der Waals surface area contributed by atoms with Crippen molar-refractivity contribution in [2.24, 2.45) is 5.41 Å². The van der Waals surface area contributed by atoms with E-state index in [0.717, 1.165) is 12.8 Å². The molecule has 0 N–H and O–H groups in total. The Kier molecular flexibility index (Phi) is 11.3. The summed E-state index contributed by atoms with van der Waals surface area (Å²) in [5.41, 5.74) is 40.9. The van der Waals surface area contributed by atoms with Crippen LogP contribution in [0.15, 0.2) is 260 Å². The molecule has 5 aliphatic rings. The van der Waals surface area contributed by atoms with E-state index < -0.39 is 0 Å². The summed E-state index contributed by atoms with van der Waals surface area (Å²) >= 11 is 0. The molecule has 0 unspecified atom stereocenters. The standard InChI is InChI=1S/C90H68/c1-88(2,3)68-47-66-32-31-61-33-39-69(79-44-38-67(48-68)85(66)86(61)79)59-29-25-58(26-30-59)63-35-41-74-76-43-37-65(52-84(76)90(6,7)82(74)50-63)64-36-42-75-73-40-34-62(49-81(73)89(4,5)83(75)51-64)57-21-19-55(20-22-57)53-15-17-54(18-16-53)56-23-27-60(28-24-56)70-45-46-80-72-12-9-8-11-71(72)78-14-10-13-77(70)87(78)80/h8-30,32-46,48-52H,31,47H2,1-7H3. The number of benzene rings is 13. The van der Waals surface area contributed by atoms with Gasteiger partial charge in [0.25, 0.3) is 0 Å². The fourth-order valence-corrected chi connectivity index (χ4v) is 16.5. The Balaban J connectivity index is 0.566. The van der Waals surface area contributed by atoms with E-state index in [9.17, 15) is 0 Å². The first-order chi connectivity index (χ1) is 43.7. The Labute approximate surface area is 529 Å². The maximum absolute atomic E-state index is 2.49. The first-order valence-corrected chi connectivity index (χ1v) is 32.4. The van der Waals surface area contributed by atoms with Crippen LogP contribution in [0.25, 0.3) is 156 Å². The summed E-state index contributed by atoms with van der Waals surface area (Å²) in [5.74, 6) is 0. The van der Waals surface area contributed by atoms with Crippen molar-refractivity contribution in [3.8, 4) is 122 Å². The summed E-state index contributed by atoms with van der Waals surface area (Å²) in [6, 6.07) is 95.0. The van der Waals surface area contributed by atoms with Crippen molar-refractivity contribution >= 4 is 33.2 Å². The summed E-state index contributed by atoms with van der Waals surface area (Å²) in [7, 11) is 0. The van der Waals surface area contributed by atoms with E-state index in [0.29, 0.717) is 0 Å². The van der Waals surface area contributed by atoms with Crippen LogP contribution in [0.4, 0.5) is 0 Å². The molecule has 13 aromatic carbocycles. The Bertz CT molecular complexity index is 5290. The second kappa shape index (κ2) is 19.2. The van der Waals surface area contributed by atoms with Crippen LogP contribution in [-0.2, 0) is 17.3 Å². The van der Waals surface area contributed by atoms with Gasteiger partial charge in [0.15, 0.2) is 0 Å². The summed E-state index contributed by atoms with van der Waals surface area (Å²) in [6.45, 7) is 16.7. The van der Waals surface area contributed by atoms with Gasteiger partial charge >= 0.3 is 0 Å². The lowest BCUT2D eigenvalue weighted by Crippen LogP contribution is -2.15. The largest absolute Gasteiger partial charge is 0.0759 e. The van der Waals surface area contributed by atoms with Gasteiger partial charge in [0, 0.05) is 10.8 Å². The maximum atomic E-state index is 2.49. The fourth-order valence-electron chi connectivity index (χ4n) is 16.5. The molecule has 0 atom stereocenters. The molecule has 0 saturated heterocycles. The molecule has 0 amide bonds. The number of hydrogen-bond acceptors (Lipinski definition) is 0. The highest BCUT2D eigenvalue weighted by molar-refractivity contribution is 6.19. The quantitative estimate of drug-likeness (QED) is 0.149. The second-order valence-electron chi connectivity index (χ2n) is 28.3. The van der Waals surface area contributed by atoms with E-state index >= 15 is 0 Å². The van der Waals surface area contributed by atoms with Gasteiger partial charge in [0.05, 0.1) is 0 Å². The van der Waals surface area contributed by atoms with E-state index in [2.05, 4.69) is 309 Å². The molecule has 0 heterocycles. The molecular weight excluding hydrogens is 1080 g/mol. The molecule has 90 heavy (non-hydrogen) atoms. The average molecular weight is 1150 g/mol. The molecule has 0 spiro atoms. The molecule has 0 aromatic heterocycles. The van der Waals surface area contributed by atoms with Crippen LogP contribution in [0.3, 0.4) is 0 Å². The summed E-state index contributed by atoms with van der Waals surface area (Å²) in [4.78, 5) is 0. The predicted octanol–water partition coefficient (Wildman–Crippen LogP) is 24.7. The molecule has 13 aromatic rings. The highest BCUT2D eigenvalue weighted by Gasteiger charge is 2.38. The molecule has 428 valence electrons. The van der Waals surface area contributed by atoms with Gasteiger partial charge < -0.3 is 0 Å². The minimum absolute atomic E-state index is 0.159. The predicted molar refractivity (Wildman–Crippen MR) is 383 cm³/mol. The Hall–Kier alpha value is -10.1. The van der Waals surface area contributed by atoms with Crippen LogP contribution in [0, 0.1) is 5.41 Å². The van der Waals surface area contributed by atoms with Crippen molar-refractivity contribution in [1.29, 1.82) is 0 Å². The Morgan fingerprint density at radius 1 is 0.300 bits per heavy atom. The maximum Gasteiger partial charge on any atom is 0.0159 e. The van der Waals surface area contributed by atoms with Gasteiger partial charge in [-0.1, -0.05) is 291 Å². The molecule has 0 bridgehead atoms. The fraction of sp³-hybridized carbons (Fsp3) is 0.133. The molecule has 0 saturated carbocycles. The number of rotatable bonds is 7. The zero-order valence-corrected chi connectivity index (χ0v) is 52.2. The zero-order chi connectivity index (χ0) is 60.5. The van der Waals surface area contributed by atoms with Crippen LogP contribution in [0.5, 0.6) is 0 Å². The van der Waals surface area contributed by atoms with Gasteiger partial charge in [-0.2, -0.15) is 0 Å². The molecule has 0 radical (unpaired) electrons. The normalized spacial score (nSPS) is 14.8. The third kappa shape index (κ3) is 7.93.